The number of fused-ring (bicyclic) bond motifs is 1. The fraction of sp³-hybridized carbons (Fsp3) is 0.385. The van der Waals surface area contributed by atoms with E-state index >= 15 is 0 Å². The predicted molar refractivity (Wildman–Crippen MR) is 125 cm³/mol. The van der Waals surface area contributed by atoms with Crippen molar-refractivity contribution in [2.75, 3.05) is 33.4 Å². The van der Waals surface area contributed by atoms with Crippen LogP contribution >= 0.6 is 0 Å². The van der Waals surface area contributed by atoms with Gasteiger partial charge in [-0.05, 0) is 42.3 Å². The highest BCUT2D eigenvalue weighted by atomic mass is 16.5. The first-order valence-electron chi connectivity index (χ1n) is 11.3. The van der Waals surface area contributed by atoms with Crippen LogP contribution in [0.25, 0.3) is 0 Å². The maximum atomic E-state index is 12.7. The van der Waals surface area contributed by atoms with E-state index in [0.29, 0.717) is 13.1 Å². The molecule has 0 radical (unpaired) electrons. The van der Waals surface area contributed by atoms with Crippen LogP contribution in [0.3, 0.4) is 0 Å². The molecule has 2 heterocycles. The third-order valence-electron chi connectivity index (χ3n) is 6.28. The van der Waals surface area contributed by atoms with Crippen molar-refractivity contribution in [3.63, 3.8) is 0 Å². The van der Waals surface area contributed by atoms with Crippen LogP contribution in [-0.4, -0.2) is 72.3 Å². The van der Waals surface area contributed by atoms with Crippen molar-refractivity contribution in [2.24, 2.45) is 0 Å². The average Bonchev–Trinajstić information content (AvgIpc) is 2.83. The number of aliphatic hydroxyl groups excluding tert-OH is 1. The normalized spacial score (nSPS) is 21.4. The van der Waals surface area contributed by atoms with Crippen LogP contribution in [0.2, 0.25) is 0 Å². The van der Waals surface area contributed by atoms with E-state index in [0.717, 1.165) is 28.9 Å². The van der Waals surface area contributed by atoms with E-state index in [4.69, 9.17) is 4.74 Å². The molecule has 0 aromatic heterocycles. The number of urea groups is 1. The molecule has 7 nitrogen and oxygen atoms in total. The van der Waals surface area contributed by atoms with Crippen LogP contribution in [0.4, 0.5) is 4.79 Å². The van der Waals surface area contributed by atoms with Gasteiger partial charge in [-0.3, -0.25) is 4.79 Å². The highest BCUT2D eigenvalue weighted by Gasteiger charge is 2.54. The largest absolute Gasteiger partial charge is 0.497 e. The summed E-state index contributed by atoms with van der Waals surface area (Å²) in [6.45, 7) is 2.97. The summed E-state index contributed by atoms with van der Waals surface area (Å²) >= 11 is 0. The number of hydrogen-bond donors (Lipinski definition) is 2. The minimum Gasteiger partial charge on any atom is -0.497 e. The first kappa shape index (κ1) is 22.7. The van der Waals surface area contributed by atoms with Gasteiger partial charge in [0.1, 0.15) is 12.3 Å². The van der Waals surface area contributed by atoms with Gasteiger partial charge in [0.25, 0.3) is 0 Å². The van der Waals surface area contributed by atoms with Crippen molar-refractivity contribution in [1.29, 1.82) is 0 Å². The second-order valence-corrected chi connectivity index (χ2v) is 8.36. The zero-order chi connectivity index (χ0) is 23.4. The van der Waals surface area contributed by atoms with Crippen LogP contribution < -0.4 is 10.1 Å². The number of aliphatic hydroxyl groups is 1. The summed E-state index contributed by atoms with van der Waals surface area (Å²) in [7, 11) is 1.63. The third kappa shape index (κ3) is 4.67. The van der Waals surface area contributed by atoms with Gasteiger partial charge in [-0.2, -0.15) is 0 Å². The molecule has 4 rings (SSSR count). The molecule has 2 aliphatic rings. The summed E-state index contributed by atoms with van der Waals surface area (Å²) in [6, 6.07) is 14.9. The highest BCUT2D eigenvalue weighted by molar-refractivity contribution is 5.87. The quantitative estimate of drug-likeness (QED) is 0.689. The predicted octanol–water partition coefficient (Wildman–Crippen LogP) is 2.19. The van der Waals surface area contributed by atoms with E-state index in [1.54, 1.807) is 16.9 Å². The number of benzene rings is 2. The lowest BCUT2D eigenvalue weighted by molar-refractivity contribution is -0.159. The molecule has 2 aromatic carbocycles. The number of piperazine rings is 1. The second-order valence-electron chi connectivity index (χ2n) is 8.36. The minimum absolute atomic E-state index is 0.0267. The number of carbonyl (C=O) groups excluding carboxylic acids is 2. The van der Waals surface area contributed by atoms with Gasteiger partial charge >= 0.3 is 6.03 Å². The standard InChI is InChI=1S/C26H29N3O4/c1-3-13-27-26(32)28-15-22-25(23(17-30)29(22)24(31)16-28)20-11-9-18(10-12-20)7-8-19-5-4-6-21(14-19)33-2/h4-6,9-12,14,22-23,25,30H,3,13,15-17H2,1-2H3,(H,27,32)/t22-,23+,25+/m1/s1. The molecule has 3 atom stereocenters. The van der Waals surface area contributed by atoms with Crippen molar-refractivity contribution in [3.05, 3.63) is 65.2 Å². The summed E-state index contributed by atoms with van der Waals surface area (Å²) < 4.78 is 5.24. The van der Waals surface area contributed by atoms with Crippen LogP contribution in [0.1, 0.15) is 36.0 Å². The van der Waals surface area contributed by atoms with Crippen LogP contribution in [0.5, 0.6) is 5.75 Å². The Morgan fingerprint density at radius 2 is 1.94 bits per heavy atom. The number of carbonyl (C=O) groups is 2. The molecule has 172 valence electrons. The van der Waals surface area contributed by atoms with Crippen molar-refractivity contribution in [2.45, 2.75) is 31.3 Å². The van der Waals surface area contributed by atoms with E-state index < -0.39 is 0 Å². The highest BCUT2D eigenvalue weighted by Crippen LogP contribution is 2.42. The SMILES string of the molecule is CCCNC(=O)N1CC(=O)N2[C@H](C1)[C@H](c1ccc(C#Cc3cccc(OC)c3)cc1)[C@@H]2CO. The number of rotatable bonds is 5. The monoisotopic (exact) mass is 447 g/mol. The molecule has 0 spiro atoms. The van der Waals surface area contributed by atoms with E-state index in [-0.39, 0.29) is 43.1 Å². The van der Waals surface area contributed by atoms with E-state index in [1.165, 1.54) is 0 Å². The van der Waals surface area contributed by atoms with Gasteiger partial charge in [0.15, 0.2) is 0 Å². The molecule has 0 saturated carbocycles. The van der Waals surface area contributed by atoms with Gasteiger partial charge in [-0.1, -0.05) is 37.0 Å². The van der Waals surface area contributed by atoms with Crippen molar-refractivity contribution in [1.82, 2.24) is 15.1 Å². The van der Waals surface area contributed by atoms with E-state index in [2.05, 4.69) is 17.2 Å². The Morgan fingerprint density at radius 1 is 1.18 bits per heavy atom. The lowest BCUT2D eigenvalue weighted by Crippen LogP contribution is -2.73. The fourth-order valence-electron chi connectivity index (χ4n) is 4.63. The lowest BCUT2D eigenvalue weighted by atomic mass is 9.73. The molecule has 0 bridgehead atoms. The first-order chi connectivity index (χ1) is 16.0. The molecule has 2 N–H and O–H groups in total. The summed E-state index contributed by atoms with van der Waals surface area (Å²) in [5, 5.41) is 12.8. The Morgan fingerprint density at radius 3 is 2.64 bits per heavy atom. The number of methoxy groups -OCH3 is 1. The molecule has 7 heteroatoms. The Balaban J connectivity index is 1.49. The molecule has 2 aliphatic heterocycles. The Hall–Kier alpha value is -3.50. The molecule has 0 aliphatic carbocycles. The van der Waals surface area contributed by atoms with Gasteiger partial charge in [0.05, 0.1) is 25.8 Å². The molecule has 3 amide bonds. The Kier molecular flexibility index (Phi) is 6.85. The van der Waals surface area contributed by atoms with E-state index in [1.807, 2.05) is 55.5 Å². The number of nitrogens with zero attached hydrogens (tertiary/aromatic N) is 2. The first-order valence-corrected chi connectivity index (χ1v) is 11.3. The van der Waals surface area contributed by atoms with Gasteiger partial charge in [-0.25, -0.2) is 4.79 Å². The summed E-state index contributed by atoms with van der Waals surface area (Å²) in [6.07, 6.45) is 0.839. The summed E-state index contributed by atoms with van der Waals surface area (Å²) in [5.41, 5.74) is 2.78. The molecule has 2 fully saturated rings. The number of amides is 3. The Bertz CT molecular complexity index is 1070. The van der Waals surface area contributed by atoms with Gasteiger partial charge in [-0.15, -0.1) is 0 Å². The lowest BCUT2D eigenvalue weighted by Gasteiger charge is -2.58. The minimum atomic E-state index is -0.267. The number of nitrogens with one attached hydrogen (secondary N) is 1. The van der Waals surface area contributed by atoms with Gasteiger partial charge in [0, 0.05) is 30.1 Å². The van der Waals surface area contributed by atoms with Gasteiger partial charge in [0.2, 0.25) is 5.91 Å². The zero-order valence-corrected chi connectivity index (χ0v) is 19.0. The zero-order valence-electron chi connectivity index (χ0n) is 19.0. The molecular formula is C26H29N3O4. The molecule has 0 unspecified atom stereocenters. The van der Waals surface area contributed by atoms with Crippen molar-refractivity contribution >= 4 is 11.9 Å². The summed E-state index contributed by atoms with van der Waals surface area (Å²) in [4.78, 5) is 28.4. The Labute approximate surface area is 194 Å². The average molecular weight is 448 g/mol. The molecule has 33 heavy (non-hydrogen) atoms. The molecular weight excluding hydrogens is 418 g/mol. The molecule has 2 aromatic rings. The summed E-state index contributed by atoms with van der Waals surface area (Å²) in [5.74, 6) is 6.93. The number of ether oxygens (including phenoxy) is 1. The smallest absolute Gasteiger partial charge is 0.317 e. The maximum Gasteiger partial charge on any atom is 0.317 e. The topological polar surface area (TPSA) is 82.1 Å². The van der Waals surface area contributed by atoms with Crippen LogP contribution in [-0.2, 0) is 4.79 Å². The number of hydrogen-bond acceptors (Lipinski definition) is 4. The fourth-order valence-corrected chi connectivity index (χ4v) is 4.63. The van der Waals surface area contributed by atoms with Gasteiger partial charge < -0.3 is 25.0 Å². The molecule has 2 saturated heterocycles. The second kappa shape index (κ2) is 9.97. The van der Waals surface area contributed by atoms with Crippen molar-refractivity contribution < 1.29 is 19.4 Å². The van der Waals surface area contributed by atoms with Crippen molar-refractivity contribution in [3.8, 4) is 17.6 Å². The third-order valence-corrected chi connectivity index (χ3v) is 6.28. The maximum absolute atomic E-state index is 12.7. The van der Waals surface area contributed by atoms with Crippen LogP contribution in [0, 0.1) is 11.8 Å². The van der Waals surface area contributed by atoms with E-state index in [9.17, 15) is 14.7 Å². The van der Waals surface area contributed by atoms with Crippen LogP contribution in [0.15, 0.2) is 48.5 Å².